The van der Waals surface area contributed by atoms with Gasteiger partial charge >= 0.3 is 5.97 Å². The van der Waals surface area contributed by atoms with Gasteiger partial charge in [-0.05, 0) is 35.9 Å². The van der Waals surface area contributed by atoms with Gasteiger partial charge in [0.1, 0.15) is 5.76 Å². The molecule has 0 saturated heterocycles. The largest absolute Gasteiger partial charge is 0.493 e. The van der Waals surface area contributed by atoms with E-state index < -0.39 is 5.97 Å². The Bertz CT molecular complexity index is 626. The fraction of sp³-hybridized carbons (Fsp3) is 0.133. The molecule has 1 heterocycles. The van der Waals surface area contributed by atoms with Gasteiger partial charge in [-0.1, -0.05) is 6.07 Å². The molecule has 5 heteroatoms. The molecule has 0 bridgehead atoms. The van der Waals surface area contributed by atoms with Gasteiger partial charge in [-0.3, -0.25) is 0 Å². The van der Waals surface area contributed by atoms with Crippen molar-refractivity contribution in [2.45, 2.75) is 0 Å². The van der Waals surface area contributed by atoms with E-state index in [4.69, 9.17) is 13.9 Å². The molecule has 0 radical (unpaired) electrons. The minimum absolute atomic E-state index is 0.112. The third-order valence-electron chi connectivity index (χ3n) is 2.75. The summed E-state index contributed by atoms with van der Waals surface area (Å²) in [5.41, 5.74) is 0.618. The second kappa shape index (κ2) is 5.97. The van der Waals surface area contributed by atoms with E-state index in [9.17, 15) is 9.90 Å². The molecule has 0 aliphatic carbocycles. The Morgan fingerprint density at radius 2 is 1.95 bits per heavy atom. The number of rotatable bonds is 5. The fourth-order valence-corrected chi connectivity index (χ4v) is 1.79. The number of ether oxygens (including phenoxy) is 2. The minimum Gasteiger partial charge on any atom is -0.493 e. The molecule has 1 aromatic carbocycles. The van der Waals surface area contributed by atoms with Crippen molar-refractivity contribution in [2.24, 2.45) is 0 Å². The second-order valence-corrected chi connectivity index (χ2v) is 3.95. The van der Waals surface area contributed by atoms with Gasteiger partial charge in [0.15, 0.2) is 11.5 Å². The molecule has 0 unspecified atom stereocenters. The lowest BCUT2D eigenvalue weighted by Gasteiger charge is -2.09. The standard InChI is InChI=1S/C15H14O5/c1-18-13-6-5-10(8-14(13)19-2)12(15(16)17)9-11-4-3-7-20-11/h3-9H,1-2H3,(H,16,17)/b12-9+. The quantitative estimate of drug-likeness (QED) is 0.849. The zero-order chi connectivity index (χ0) is 14.5. The first-order chi connectivity index (χ1) is 9.65. The Morgan fingerprint density at radius 1 is 1.20 bits per heavy atom. The summed E-state index contributed by atoms with van der Waals surface area (Å²) in [6.45, 7) is 0. The first kappa shape index (κ1) is 13.7. The van der Waals surface area contributed by atoms with Gasteiger partial charge in [-0.2, -0.15) is 0 Å². The number of carboxylic acids is 1. The molecular formula is C15H14O5. The fourth-order valence-electron chi connectivity index (χ4n) is 1.79. The number of benzene rings is 1. The molecule has 1 aromatic heterocycles. The third-order valence-corrected chi connectivity index (χ3v) is 2.75. The molecule has 0 atom stereocenters. The van der Waals surface area contributed by atoms with Crippen molar-refractivity contribution in [3.8, 4) is 11.5 Å². The van der Waals surface area contributed by atoms with Crippen LogP contribution in [0.4, 0.5) is 0 Å². The Hall–Kier alpha value is -2.69. The van der Waals surface area contributed by atoms with Crippen LogP contribution >= 0.6 is 0 Å². The molecular weight excluding hydrogens is 260 g/mol. The van der Waals surface area contributed by atoms with Crippen LogP contribution in [0.3, 0.4) is 0 Å². The van der Waals surface area contributed by atoms with Crippen LogP contribution in [-0.2, 0) is 4.79 Å². The third kappa shape index (κ3) is 2.83. The van der Waals surface area contributed by atoms with Crippen LogP contribution in [0.2, 0.25) is 0 Å². The predicted octanol–water partition coefficient (Wildman–Crippen LogP) is 2.92. The van der Waals surface area contributed by atoms with Crippen LogP contribution in [0.5, 0.6) is 11.5 Å². The Labute approximate surface area is 116 Å². The average molecular weight is 274 g/mol. The Kier molecular flexibility index (Phi) is 4.10. The summed E-state index contributed by atoms with van der Waals surface area (Å²) >= 11 is 0. The lowest BCUT2D eigenvalue weighted by Crippen LogP contribution is -2.00. The minimum atomic E-state index is -1.05. The lowest BCUT2D eigenvalue weighted by atomic mass is 10.0. The number of hydrogen-bond acceptors (Lipinski definition) is 4. The van der Waals surface area contributed by atoms with Crippen molar-refractivity contribution in [1.82, 2.24) is 0 Å². The first-order valence-electron chi connectivity index (χ1n) is 5.86. The molecule has 0 aliphatic rings. The zero-order valence-electron chi connectivity index (χ0n) is 11.1. The number of carbonyl (C=O) groups is 1. The van der Waals surface area contributed by atoms with Crippen molar-refractivity contribution < 1.29 is 23.8 Å². The van der Waals surface area contributed by atoms with Crippen LogP contribution < -0.4 is 9.47 Å². The SMILES string of the molecule is COc1ccc(/C(=C\c2ccco2)C(=O)O)cc1OC. The summed E-state index contributed by atoms with van der Waals surface area (Å²) in [6.07, 6.45) is 2.95. The molecule has 20 heavy (non-hydrogen) atoms. The molecule has 0 fully saturated rings. The van der Waals surface area contributed by atoms with Crippen molar-refractivity contribution in [1.29, 1.82) is 0 Å². The maximum Gasteiger partial charge on any atom is 0.336 e. The maximum atomic E-state index is 11.4. The van der Waals surface area contributed by atoms with E-state index in [0.717, 1.165) is 0 Å². The molecule has 2 aromatic rings. The first-order valence-corrected chi connectivity index (χ1v) is 5.86. The highest BCUT2D eigenvalue weighted by Gasteiger charge is 2.14. The molecule has 0 saturated carbocycles. The maximum absolute atomic E-state index is 11.4. The highest BCUT2D eigenvalue weighted by Crippen LogP contribution is 2.31. The van der Waals surface area contributed by atoms with E-state index in [0.29, 0.717) is 22.8 Å². The van der Waals surface area contributed by atoms with Gasteiger partial charge in [-0.15, -0.1) is 0 Å². The number of hydrogen-bond donors (Lipinski definition) is 1. The Balaban J connectivity index is 2.48. The molecule has 104 valence electrons. The topological polar surface area (TPSA) is 68.9 Å². The van der Waals surface area contributed by atoms with E-state index >= 15 is 0 Å². The number of carboxylic acid groups (broad SMARTS) is 1. The van der Waals surface area contributed by atoms with E-state index in [2.05, 4.69) is 0 Å². The molecule has 1 N–H and O–H groups in total. The van der Waals surface area contributed by atoms with Crippen molar-refractivity contribution >= 4 is 17.6 Å². The van der Waals surface area contributed by atoms with Crippen molar-refractivity contribution in [2.75, 3.05) is 14.2 Å². The van der Waals surface area contributed by atoms with E-state index in [1.54, 1.807) is 30.3 Å². The van der Waals surface area contributed by atoms with Crippen LogP contribution in [0.25, 0.3) is 11.6 Å². The zero-order valence-corrected chi connectivity index (χ0v) is 11.1. The van der Waals surface area contributed by atoms with E-state index in [-0.39, 0.29) is 5.57 Å². The number of aliphatic carboxylic acids is 1. The normalized spacial score (nSPS) is 11.2. The smallest absolute Gasteiger partial charge is 0.336 e. The summed E-state index contributed by atoms with van der Waals surface area (Å²) in [5, 5.41) is 9.33. The monoisotopic (exact) mass is 274 g/mol. The lowest BCUT2D eigenvalue weighted by molar-refractivity contribution is -0.130. The van der Waals surface area contributed by atoms with Crippen molar-refractivity contribution in [3.63, 3.8) is 0 Å². The number of methoxy groups -OCH3 is 2. The summed E-state index contributed by atoms with van der Waals surface area (Å²) in [4.78, 5) is 11.4. The highest BCUT2D eigenvalue weighted by molar-refractivity contribution is 6.20. The summed E-state index contributed by atoms with van der Waals surface area (Å²) in [7, 11) is 3.02. The molecule has 0 amide bonds. The van der Waals surface area contributed by atoms with Crippen LogP contribution in [0.15, 0.2) is 41.0 Å². The van der Waals surface area contributed by atoms with Crippen molar-refractivity contribution in [3.05, 3.63) is 47.9 Å². The van der Waals surface area contributed by atoms with Gasteiger partial charge in [0.05, 0.1) is 26.1 Å². The van der Waals surface area contributed by atoms with Crippen LogP contribution in [-0.4, -0.2) is 25.3 Å². The molecule has 0 aliphatic heterocycles. The van der Waals surface area contributed by atoms with E-state index in [1.165, 1.54) is 26.6 Å². The summed E-state index contributed by atoms with van der Waals surface area (Å²) in [6, 6.07) is 8.31. The Morgan fingerprint density at radius 3 is 2.50 bits per heavy atom. The average Bonchev–Trinajstić information content (AvgIpc) is 2.96. The highest BCUT2D eigenvalue weighted by atomic mass is 16.5. The van der Waals surface area contributed by atoms with Crippen LogP contribution in [0, 0.1) is 0 Å². The molecule has 5 nitrogen and oxygen atoms in total. The van der Waals surface area contributed by atoms with Crippen LogP contribution in [0.1, 0.15) is 11.3 Å². The molecule has 0 spiro atoms. The summed E-state index contributed by atoms with van der Waals surface area (Å²) < 4.78 is 15.4. The van der Waals surface area contributed by atoms with Gasteiger partial charge < -0.3 is 19.0 Å². The summed E-state index contributed by atoms with van der Waals surface area (Å²) in [5.74, 6) is 0.432. The van der Waals surface area contributed by atoms with Gasteiger partial charge in [0.25, 0.3) is 0 Å². The second-order valence-electron chi connectivity index (χ2n) is 3.95. The predicted molar refractivity (Wildman–Crippen MR) is 73.8 cm³/mol. The van der Waals surface area contributed by atoms with Gasteiger partial charge in [0, 0.05) is 0 Å². The number of furan rings is 1. The van der Waals surface area contributed by atoms with Gasteiger partial charge in [-0.25, -0.2) is 4.79 Å². The molecule has 2 rings (SSSR count). The van der Waals surface area contributed by atoms with Gasteiger partial charge in [0.2, 0.25) is 0 Å². The van der Waals surface area contributed by atoms with E-state index in [1.807, 2.05) is 0 Å².